The van der Waals surface area contributed by atoms with Crippen LogP contribution in [0.2, 0.25) is 0 Å². The predicted octanol–water partition coefficient (Wildman–Crippen LogP) is 3.83. The average Bonchev–Trinajstić information content (AvgIpc) is 2.54. The van der Waals surface area contributed by atoms with Gasteiger partial charge in [-0.05, 0) is 43.0 Å². The molecule has 0 aliphatic carbocycles. The zero-order valence-corrected chi connectivity index (χ0v) is 14.8. The molecule has 0 fully saturated rings. The number of carbonyl (C=O) groups is 1. The summed E-state index contributed by atoms with van der Waals surface area (Å²) in [5, 5.41) is 10.1. The Hall–Kier alpha value is -2.25. The molecule has 2 aromatic rings. The molecule has 0 amide bonds. The van der Waals surface area contributed by atoms with Gasteiger partial charge in [0.25, 0.3) is 10.0 Å². The van der Waals surface area contributed by atoms with Crippen LogP contribution in [0, 0.1) is 6.92 Å². The van der Waals surface area contributed by atoms with Crippen molar-refractivity contribution in [1.29, 1.82) is 0 Å². The first-order valence-electron chi connectivity index (χ1n) is 6.99. The van der Waals surface area contributed by atoms with E-state index < -0.39 is 16.0 Å². The number of nitrogens with one attached hydrogen (secondary N) is 1. The van der Waals surface area contributed by atoms with Crippen LogP contribution in [0.1, 0.15) is 21.5 Å². The van der Waals surface area contributed by atoms with Crippen LogP contribution in [-0.4, -0.2) is 25.7 Å². The van der Waals surface area contributed by atoms with E-state index in [9.17, 15) is 13.2 Å². The van der Waals surface area contributed by atoms with Gasteiger partial charge < -0.3 is 5.11 Å². The molecule has 2 aromatic carbocycles. The van der Waals surface area contributed by atoms with Gasteiger partial charge in [-0.25, -0.2) is 13.2 Å². The summed E-state index contributed by atoms with van der Waals surface area (Å²) in [5.74, 6) is -1.06. The Balaban J connectivity index is 2.22. The molecular weight excluding hydrogens is 346 g/mol. The summed E-state index contributed by atoms with van der Waals surface area (Å²) in [4.78, 5) is 11.5. The highest BCUT2D eigenvalue weighted by molar-refractivity contribution is 7.99. The second-order valence-corrected chi connectivity index (χ2v) is 7.50. The fraction of sp³-hybridized carbons (Fsp3) is 0.118. The summed E-state index contributed by atoms with van der Waals surface area (Å²) in [6, 6.07) is 11.7. The molecule has 2 rings (SSSR count). The Morgan fingerprint density at radius 1 is 1.17 bits per heavy atom. The van der Waals surface area contributed by atoms with Crippen LogP contribution in [0.25, 0.3) is 6.08 Å². The Morgan fingerprint density at radius 3 is 2.42 bits per heavy atom. The van der Waals surface area contributed by atoms with Gasteiger partial charge in [-0.3, -0.25) is 4.72 Å². The molecule has 0 radical (unpaired) electrons. The number of hydrogen-bond acceptors (Lipinski definition) is 4. The summed E-state index contributed by atoms with van der Waals surface area (Å²) in [5.41, 5.74) is 2.33. The molecule has 126 valence electrons. The van der Waals surface area contributed by atoms with E-state index in [4.69, 9.17) is 5.11 Å². The Labute approximate surface area is 145 Å². The van der Waals surface area contributed by atoms with E-state index in [1.165, 1.54) is 36.0 Å². The van der Waals surface area contributed by atoms with Crippen LogP contribution >= 0.6 is 11.8 Å². The highest BCUT2D eigenvalue weighted by Gasteiger charge is 2.12. The van der Waals surface area contributed by atoms with Gasteiger partial charge in [0.2, 0.25) is 0 Å². The normalized spacial score (nSPS) is 11.6. The molecule has 0 unspecified atom stereocenters. The molecule has 0 aromatic heterocycles. The van der Waals surface area contributed by atoms with E-state index in [1.807, 2.05) is 31.2 Å². The van der Waals surface area contributed by atoms with Gasteiger partial charge in [-0.1, -0.05) is 29.8 Å². The highest BCUT2D eigenvalue weighted by Crippen LogP contribution is 2.27. The number of sulfonamides is 1. The van der Waals surface area contributed by atoms with Crippen molar-refractivity contribution in [3.05, 3.63) is 64.6 Å². The summed E-state index contributed by atoms with van der Waals surface area (Å²) in [7, 11) is -3.70. The lowest BCUT2D eigenvalue weighted by atomic mass is 10.2. The Bertz CT molecular complexity index is 872. The number of aromatic carboxylic acids is 1. The summed E-state index contributed by atoms with van der Waals surface area (Å²) in [6.07, 6.45) is 3.26. The minimum Gasteiger partial charge on any atom is -0.478 e. The van der Waals surface area contributed by atoms with Gasteiger partial charge in [-0.15, -0.1) is 11.8 Å². The van der Waals surface area contributed by atoms with Gasteiger partial charge in [0.1, 0.15) is 0 Å². The molecule has 5 nitrogen and oxygen atoms in total. The van der Waals surface area contributed by atoms with Gasteiger partial charge in [-0.2, -0.15) is 0 Å². The molecular formula is C17H17NO4S2. The van der Waals surface area contributed by atoms with E-state index in [0.29, 0.717) is 10.6 Å². The maximum absolute atomic E-state index is 12.2. The average molecular weight is 363 g/mol. The maximum Gasteiger partial charge on any atom is 0.335 e. The van der Waals surface area contributed by atoms with Crippen LogP contribution in [0.3, 0.4) is 0 Å². The summed E-state index contributed by atoms with van der Waals surface area (Å²) in [6.45, 7) is 1.95. The molecule has 0 aliphatic rings. The maximum atomic E-state index is 12.2. The molecule has 7 heteroatoms. The third kappa shape index (κ3) is 4.87. The number of aryl methyl sites for hydroxylation is 1. The van der Waals surface area contributed by atoms with Crippen LogP contribution in [0.5, 0.6) is 0 Å². The Kier molecular flexibility index (Phi) is 5.69. The lowest BCUT2D eigenvalue weighted by molar-refractivity contribution is 0.0696. The van der Waals surface area contributed by atoms with Crippen LogP contribution < -0.4 is 4.72 Å². The minimum absolute atomic E-state index is 0.109. The minimum atomic E-state index is -3.70. The smallest absolute Gasteiger partial charge is 0.335 e. The van der Waals surface area contributed by atoms with Crippen molar-refractivity contribution in [3.63, 3.8) is 0 Å². The third-order valence-corrected chi connectivity index (χ3v) is 4.99. The van der Waals surface area contributed by atoms with Crippen molar-refractivity contribution >= 4 is 39.5 Å². The molecule has 0 heterocycles. The van der Waals surface area contributed by atoms with Crippen molar-refractivity contribution in [1.82, 2.24) is 0 Å². The SMILES string of the molecule is CSc1cc(C(=O)O)ccc1NS(=O)(=O)C=Cc1ccc(C)cc1. The topological polar surface area (TPSA) is 83.5 Å². The second kappa shape index (κ2) is 7.55. The second-order valence-electron chi connectivity index (χ2n) is 5.08. The van der Waals surface area contributed by atoms with Gasteiger partial charge in [0.05, 0.1) is 16.7 Å². The standard InChI is InChI=1S/C17H17NO4S2/c1-12-3-5-13(6-4-12)9-10-24(21,22)18-15-8-7-14(17(19)20)11-16(15)23-2/h3-11,18H,1-2H3,(H,19,20). The molecule has 24 heavy (non-hydrogen) atoms. The van der Waals surface area contributed by atoms with Gasteiger partial charge >= 0.3 is 5.97 Å². The van der Waals surface area contributed by atoms with Gasteiger partial charge in [0, 0.05) is 4.90 Å². The van der Waals surface area contributed by atoms with Crippen LogP contribution in [0.15, 0.2) is 52.8 Å². The van der Waals surface area contributed by atoms with E-state index in [1.54, 1.807) is 6.26 Å². The molecule has 0 spiro atoms. The fourth-order valence-corrected chi connectivity index (χ4v) is 3.48. The zero-order valence-electron chi connectivity index (χ0n) is 13.2. The van der Waals surface area contributed by atoms with Crippen molar-refractivity contribution in [3.8, 4) is 0 Å². The largest absolute Gasteiger partial charge is 0.478 e. The molecule has 0 atom stereocenters. The third-order valence-electron chi connectivity index (χ3n) is 3.22. The number of carboxylic acid groups (broad SMARTS) is 1. The van der Waals surface area contributed by atoms with Crippen molar-refractivity contribution in [2.24, 2.45) is 0 Å². The predicted molar refractivity (Wildman–Crippen MR) is 97.9 cm³/mol. The highest BCUT2D eigenvalue weighted by atomic mass is 32.2. The monoisotopic (exact) mass is 363 g/mol. The lowest BCUT2D eigenvalue weighted by Gasteiger charge is -2.10. The fourth-order valence-electron chi connectivity index (χ4n) is 1.94. The van der Waals surface area contributed by atoms with Crippen molar-refractivity contribution in [2.75, 3.05) is 11.0 Å². The van der Waals surface area contributed by atoms with Crippen molar-refractivity contribution < 1.29 is 18.3 Å². The number of carboxylic acids is 1. The molecule has 0 saturated heterocycles. The van der Waals surface area contributed by atoms with E-state index in [-0.39, 0.29) is 5.56 Å². The number of anilines is 1. The zero-order chi connectivity index (χ0) is 17.7. The van der Waals surface area contributed by atoms with E-state index in [2.05, 4.69) is 4.72 Å². The summed E-state index contributed by atoms with van der Waals surface area (Å²) < 4.78 is 26.9. The number of rotatable bonds is 6. The van der Waals surface area contributed by atoms with E-state index in [0.717, 1.165) is 16.5 Å². The lowest BCUT2D eigenvalue weighted by Crippen LogP contribution is -2.10. The van der Waals surface area contributed by atoms with Crippen LogP contribution in [-0.2, 0) is 10.0 Å². The van der Waals surface area contributed by atoms with Crippen molar-refractivity contribution in [2.45, 2.75) is 11.8 Å². The molecule has 0 bridgehead atoms. The first-order valence-corrected chi connectivity index (χ1v) is 9.77. The van der Waals surface area contributed by atoms with Crippen LogP contribution in [0.4, 0.5) is 5.69 Å². The first kappa shape index (κ1) is 18.1. The Morgan fingerprint density at radius 2 is 1.83 bits per heavy atom. The summed E-state index contributed by atoms with van der Waals surface area (Å²) >= 11 is 1.27. The quantitative estimate of drug-likeness (QED) is 0.762. The molecule has 0 saturated carbocycles. The molecule has 0 aliphatic heterocycles. The molecule has 2 N–H and O–H groups in total. The first-order chi connectivity index (χ1) is 11.3. The van der Waals surface area contributed by atoms with E-state index >= 15 is 0 Å². The number of benzene rings is 2. The number of hydrogen-bond donors (Lipinski definition) is 2. The van der Waals surface area contributed by atoms with Gasteiger partial charge in [0.15, 0.2) is 0 Å². The number of thioether (sulfide) groups is 1.